The van der Waals surface area contributed by atoms with Crippen LogP contribution < -0.4 is 0 Å². The average Bonchev–Trinajstić information content (AvgIpc) is 1.94. The van der Waals surface area contributed by atoms with E-state index in [1.807, 2.05) is 0 Å². The van der Waals surface area contributed by atoms with E-state index in [4.69, 9.17) is 11.6 Å². The number of halogens is 1. The van der Waals surface area contributed by atoms with Crippen molar-refractivity contribution in [3.63, 3.8) is 0 Å². The fraction of sp³-hybridized carbons (Fsp3) is 1.00. The lowest BCUT2D eigenvalue weighted by Crippen LogP contribution is -2.19. The third kappa shape index (κ3) is 2.16. The molecule has 10 heavy (non-hydrogen) atoms. The van der Waals surface area contributed by atoms with E-state index in [-0.39, 0.29) is 0 Å². The van der Waals surface area contributed by atoms with Crippen LogP contribution in [0.25, 0.3) is 0 Å². The van der Waals surface area contributed by atoms with Gasteiger partial charge in [-0.2, -0.15) is 0 Å². The standard InChI is InChI=1S/C9H17Cl/c1-2-5-8-6-3-4-7-9(8)10/h8-9H,2-7H2,1H3. The highest BCUT2D eigenvalue weighted by Gasteiger charge is 2.21. The topological polar surface area (TPSA) is 0 Å². The van der Waals surface area contributed by atoms with Gasteiger partial charge in [0, 0.05) is 5.38 Å². The van der Waals surface area contributed by atoms with E-state index >= 15 is 0 Å². The third-order valence-electron chi connectivity index (χ3n) is 2.48. The molecule has 1 aliphatic rings. The molecule has 2 unspecified atom stereocenters. The van der Waals surface area contributed by atoms with E-state index in [0.717, 1.165) is 5.92 Å². The van der Waals surface area contributed by atoms with Crippen LogP contribution in [0, 0.1) is 5.92 Å². The second kappa shape index (κ2) is 4.23. The molecule has 0 nitrogen and oxygen atoms in total. The van der Waals surface area contributed by atoms with Gasteiger partial charge in [0.05, 0.1) is 0 Å². The van der Waals surface area contributed by atoms with Crippen LogP contribution in [0.15, 0.2) is 0 Å². The molecule has 0 aromatic carbocycles. The summed E-state index contributed by atoms with van der Waals surface area (Å²) in [6.45, 7) is 2.25. The van der Waals surface area contributed by atoms with Crippen molar-refractivity contribution in [2.45, 2.75) is 50.8 Å². The lowest BCUT2D eigenvalue weighted by atomic mass is 9.86. The Morgan fingerprint density at radius 1 is 1.30 bits per heavy atom. The average molecular weight is 161 g/mol. The predicted octanol–water partition coefficient (Wildman–Crippen LogP) is 3.58. The van der Waals surface area contributed by atoms with Gasteiger partial charge in [0.15, 0.2) is 0 Å². The van der Waals surface area contributed by atoms with E-state index < -0.39 is 0 Å². The van der Waals surface area contributed by atoms with Gasteiger partial charge in [-0.25, -0.2) is 0 Å². The lowest BCUT2D eigenvalue weighted by Gasteiger charge is -2.26. The Kier molecular flexibility index (Phi) is 3.55. The first kappa shape index (κ1) is 8.39. The largest absolute Gasteiger partial charge is 0.123 e. The predicted molar refractivity (Wildman–Crippen MR) is 46.5 cm³/mol. The van der Waals surface area contributed by atoms with E-state index in [2.05, 4.69) is 6.92 Å². The van der Waals surface area contributed by atoms with Crippen LogP contribution in [-0.4, -0.2) is 5.38 Å². The second-order valence-corrected chi connectivity index (χ2v) is 3.91. The highest BCUT2D eigenvalue weighted by atomic mass is 35.5. The smallest absolute Gasteiger partial charge is 0.0364 e. The van der Waals surface area contributed by atoms with Crippen molar-refractivity contribution in [1.82, 2.24) is 0 Å². The van der Waals surface area contributed by atoms with E-state index in [1.54, 1.807) is 0 Å². The van der Waals surface area contributed by atoms with Gasteiger partial charge >= 0.3 is 0 Å². The van der Waals surface area contributed by atoms with Gasteiger partial charge in [-0.3, -0.25) is 0 Å². The minimum absolute atomic E-state index is 0.494. The van der Waals surface area contributed by atoms with Crippen molar-refractivity contribution in [3.8, 4) is 0 Å². The van der Waals surface area contributed by atoms with Crippen molar-refractivity contribution in [3.05, 3.63) is 0 Å². The number of hydrogen-bond acceptors (Lipinski definition) is 0. The van der Waals surface area contributed by atoms with Crippen molar-refractivity contribution in [1.29, 1.82) is 0 Å². The zero-order chi connectivity index (χ0) is 7.40. The van der Waals surface area contributed by atoms with Crippen molar-refractivity contribution in [2.24, 2.45) is 5.92 Å². The summed E-state index contributed by atoms with van der Waals surface area (Å²) in [5.41, 5.74) is 0. The van der Waals surface area contributed by atoms with Crippen LogP contribution in [0.5, 0.6) is 0 Å². The first-order valence-corrected chi connectivity index (χ1v) is 4.92. The molecule has 0 heterocycles. The number of rotatable bonds is 2. The minimum Gasteiger partial charge on any atom is -0.123 e. The Hall–Kier alpha value is 0.290. The molecule has 1 heteroatoms. The molecule has 0 radical (unpaired) electrons. The van der Waals surface area contributed by atoms with E-state index in [0.29, 0.717) is 5.38 Å². The molecule has 1 saturated carbocycles. The first-order valence-electron chi connectivity index (χ1n) is 4.48. The molecule has 0 amide bonds. The quantitative estimate of drug-likeness (QED) is 0.542. The Labute approximate surface area is 69.0 Å². The van der Waals surface area contributed by atoms with E-state index in [1.165, 1.54) is 38.5 Å². The normalized spacial score (nSPS) is 34.2. The fourth-order valence-electron chi connectivity index (χ4n) is 1.86. The van der Waals surface area contributed by atoms with Crippen LogP contribution in [0.3, 0.4) is 0 Å². The van der Waals surface area contributed by atoms with E-state index in [9.17, 15) is 0 Å². The molecule has 60 valence electrons. The Morgan fingerprint density at radius 2 is 2.00 bits per heavy atom. The molecule has 0 aromatic heterocycles. The molecule has 0 aliphatic heterocycles. The maximum Gasteiger partial charge on any atom is 0.0364 e. The summed E-state index contributed by atoms with van der Waals surface area (Å²) in [4.78, 5) is 0. The highest BCUT2D eigenvalue weighted by Crippen LogP contribution is 2.31. The van der Waals surface area contributed by atoms with Crippen LogP contribution >= 0.6 is 11.6 Å². The molecule has 1 rings (SSSR count). The van der Waals surface area contributed by atoms with Crippen LogP contribution in [0.4, 0.5) is 0 Å². The third-order valence-corrected chi connectivity index (χ3v) is 3.05. The summed E-state index contributed by atoms with van der Waals surface area (Å²) in [6.07, 6.45) is 8.04. The molecule has 0 aromatic rings. The van der Waals surface area contributed by atoms with Gasteiger partial charge in [-0.1, -0.05) is 26.2 Å². The summed E-state index contributed by atoms with van der Waals surface area (Å²) in [5.74, 6) is 0.834. The summed E-state index contributed by atoms with van der Waals surface area (Å²) in [6, 6.07) is 0. The van der Waals surface area contributed by atoms with Gasteiger partial charge < -0.3 is 0 Å². The Bertz CT molecular complexity index is 88.7. The summed E-state index contributed by atoms with van der Waals surface area (Å²) >= 11 is 6.16. The number of hydrogen-bond donors (Lipinski definition) is 0. The monoisotopic (exact) mass is 160 g/mol. The maximum absolute atomic E-state index is 6.16. The summed E-state index contributed by atoms with van der Waals surface area (Å²) in [7, 11) is 0. The summed E-state index contributed by atoms with van der Waals surface area (Å²) < 4.78 is 0. The maximum atomic E-state index is 6.16. The van der Waals surface area contributed by atoms with Crippen LogP contribution in [0.1, 0.15) is 45.4 Å². The molecule has 0 N–H and O–H groups in total. The van der Waals surface area contributed by atoms with Crippen molar-refractivity contribution >= 4 is 11.6 Å². The summed E-state index contributed by atoms with van der Waals surface area (Å²) in [5, 5.41) is 0.494. The highest BCUT2D eigenvalue weighted by molar-refractivity contribution is 6.20. The molecule has 2 atom stereocenters. The zero-order valence-electron chi connectivity index (χ0n) is 6.78. The van der Waals surface area contributed by atoms with Crippen molar-refractivity contribution in [2.75, 3.05) is 0 Å². The minimum atomic E-state index is 0.494. The molecular formula is C9H17Cl. The van der Waals surface area contributed by atoms with Crippen LogP contribution in [0.2, 0.25) is 0 Å². The second-order valence-electron chi connectivity index (χ2n) is 3.35. The van der Waals surface area contributed by atoms with Gasteiger partial charge in [0.1, 0.15) is 0 Å². The zero-order valence-corrected chi connectivity index (χ0v) is 7.53. The fourth-order valence-corrected chi connectivity index (χ4v) is 2.26. The van der Waals surface area contributed by atoms with Gasteiger partial charge in [-0.15, -0.1) is 11.6 Å². The molecule has 0 spiro atoms. The number of alkyl halides is 1. The Morgan fingerprint density at radius 3 is 2.60 bits per heavy atom. The van der Waals surface area contributed by atoms with Crippen LogP contribution in [-0.2, 0) is 0 Å². The van der Waals surface area contributed by atoms with Crippen molar-refractivity contribution < 1.29 is 0 Å². The van der Waals surface area contributed by atoms with Gasteiger partial charge in [0.2, 0.25) is 0 Å². The van der Waals surface area contributed by atoms with Gasteiger partial charge in [0.25, 0.3) is 0 Å². The molecule has 1 aliphatic carbocycles. The molecular weight excluding hydrogens is 144 g/mol. The Balaban J connectivity index is 2.25. The van der Waals surface area contributed by atoms with Gasteiger partial charge in [-0.05, 0) is 25.2 Å². The SMILES string of the molecule is CCCC1CCCCC1Cl. The molecule has 1 fully saturated rings. The molecule has 0 bridgehead atoms. The lowest BCUT2D eigenvalue weighted by molar-refractivity contribution is 0.343. The molecule has 0 saturated heterocycles. The first-order chi connectivity index (χ1) is 4.84.